The van der Waals surface area contributed by atoms with Crippen LogP contribution in [0.3, 0.4) is 0 Å². The lowest BCUT2D eigenvalue weighted by molar-refractivity contribution is 0.631. The molecule has 1 unspecified atom stereocenters. The zero-order valence-corrected chi connectivity index (χ0v) is 13.0. The zero-order valence-electron chi connectivity index (χ0n) is 13.0. The van der Waals surface area contributed by atoms with Crippen molar-refractivity contribution in [3.05, 3.63) is 65.5 Å². The SMILES string of the molecule is CC(/C(=C/Nc1ccccc1F)N=N)c1ccc(/C(N)=N\C=N)[nH]1. The molecular weight excluding hydrogens is 309 g/mol. The van der Waals surface area contributed by atoms with Gasteiger partial charge in [-0.2, -0.15) is 5.11 Å². The van der Waals surface area contributed by atoms with E-state index < -0.39 is 0 Å². The van der Waals surface area contributed by atoms with Gasteiger partial charge in [-0.1, -0.05) is 19.1 Å². The summed E-state index contributed by atoms with van der Waals surface area (Å²) in [4.78, 5) is 6.77. The Morgan fingerprint density at radius 2 is 2.08 bits per heavy atom. The number of benzene rings is 1. The number of rotatable bonds is 7. The first-order valence-corrected chi connectivity index (χ1v) is 7.17. The monoisotopic (exact) mass is 327 g/mol. The van der Waals surface area contributed by atoms with Gasteiger partial charge in [-0.15, -0.1) is 0 Å². The van der Waals surface area contributed by atoms with Crippen molar-refractivity contribution in [2.45, 2.75) is 12.8 Å². The molecule has 7 nitrogen and oxygen atoms in total. The van der Waals surface area contributed by atoms with Crippen LogP contribution in [0.4, 0.5) is 10.1 Å². The first-order chi connectivity index (χ1) is 11.6. The van der Waals surface area contributed by atoms with Gasteiger partial charge in [0, 0.05) is 17.8 Å². The van der Waals surface area contributed by atoms with Gasteiger partial charge >= 0.3 is 0 Å². The maximum atomic E-state index is 13.6. The van der Waals surface area contributed by atoms with Crippen LogP contribution >= 0.6 is 0 Å². The number of nitrogens with two attached hydrogens (primary N) is 1. The van der Waals surface area contributed by atoms with Gasteiger partial charge in [0.25, 0.3) is 0 Å². The van der Waals surface area contributed by atoms with Crippen LogP contribution < -0.4 is 11.1 Å². The molecule has 0 bridgehead atoms. The number of nitrogens with one attached hydrogen (secondary N) is 4. The van der Waals surface area contributed by atoms with Crippen LogP contribution in [0.2, 0.25) is 0 Å². The molecular formula is C16H18FN7. The third-order valence-corrected chi connectivity index (χ3v) is 3.48. The molecule has 2 aromatic rings. The van der Waals surface area contributed by atoms with Crippen LogP contribution in [0.25, 0.3) is 0 Å². The summed E-state index contributed by atoms with van der Waals surface area (Å²) in [5, 5.41) is 13.3. The molecule has 0 amide bonds. The predicted octanol–water partition coefficient (Wildman–Crippen LogP) is 3.55. The van der Waals surface area contributed by atoms with Crippen LogP contribution in [0, 0.1) is 16.8 Å². The standard InChI is InChI=1S/C16H18FN7/c1-10(12-6-7-14(23-12)16(19)22-9-18)15(24-20)8-21-13-5-3-2-4-11(13)17/h2-10,20-21,23H,1H3,(H3,18,19,22)/b15-8-,24-20?. The van der Waals surface area contributed by atoms with Gasteiger partial charge in [-0.25, -0.2) is 14.9 Å². The van der Waals surface area contributed by atoms with Crippen molar-refractivity contribution >= 4 is 17.9 Å². The minimum Gasteiger partial charge on any atom is -0.382 e. The lowest BCUT2D eigenvalue weighted by atomic mass is 10.1. The molecule has 1 atom stereocenters. The fourth-order valence-electron chi connectivity index (χ4n) is 2.10. The second-order valence-corrected chi connectivity index (χ2v) is 5.00. The number of aromatic amines is 1. The quantitative estimate of drug-likeness (QED) is 0.303. The molecule has 0 spiro atoms. The van der Waals surface area contributed by atoms with Crippen LogP contribution in [0.5, 0.6) is 0 Å². The van der Waals surface area contributed by atoms with E-state index in [2.05, 4.69) is 20.4 Å². The molecule has 8 heteroatoms. The molecule has 0 radical (unpaired) electrons. The third-order valence-electron chi connectivity index (χ3n) is 3.48. The van der Waals surface area contributed by atoms with Crippen molar-refractivity contribution in [3.8, 4) is 0 Å². The average molecular weight is 327 g/mol. The Labute approximate surface area is 138 Å². The highest BCUT2D eigenvalue weighted by Crippen LogP contribution is 2.24. The first kappa shape index (κ1) is 17.1. The first-order valence-electron chi connectivity index (χ1n) is 7.17. The van der Waals surface area contributed by atoms with Gasteiger partial charge in [0.05, 0.1) is 17.1 Å². The Kier molecular flexibility index (Phi) is 5.56. The molecule has 124 valence electrons. The molecule has 0 fully saturated rings. The average Bonchev–Trinajstić information content (AvgIpc) is 3.07. The molecule has 1 aromatic carbocycles. The topological polar surface area (TPSA) is 126 Å². The predicted molar refractivity (Wildman–Crippen MR) is 92.0 cm³/mol. The lowest BCUT2D eigenvalue weighted by Crippen LogP contribution is -2.14. The molecule has 1 heterocycles. The van der Waals surface area contributed by atoms with E-state index in [9.17, 15) is 4.39 Å². The van der Waals surface area contributed by atoms with E-state index in [1.807, 2.05) is 6.92 Å². The number of amidine groups is 1. The zero-order chi connectivity index (χ0) is 17.5. The van der Waals surface area contributed by atoms with Gasteiger partial charge in [0.2, 0.25) is 0 Å². The van der Waals surface area contributed by atoms with Crippen molar-refractivity contribution in [1.29, 1.82) is 10.9 Å². The summed E-state index contributed by atoms with van der Waals surface area (Å²) in [7, 11) is 0. The highest BCUT2D eigenvalue weighted by Gasteiger charge is 2.14. The molecule has 0 saturated heterocycles. The smallest absolute Gasteiger partial charge is 0.148 e. The van der Waals surface area contributed by atoms with Gasteiger partial charge in [-0.3, -0.25) is 5.41 Å². The minimum atomic E-state index is -0.386. The van der Waals surface area contributed by atoms with Gasteiger partial charge in [0.15, 0.2) is 0 Å². The van der Waals surface area contributed by atoms with Crippen LogP contribution in [0.15, 0.2) is 58.4 Å². The number of nitrogens with zero attached hydrogens (tertiary/aromatic N) is 2. The molecule has 2 rings (SSSR count). The summed E-state index contributed by atoms with van der Waals surface area (Å²) in [6.45, 7) is 1.85. The van der Waals surface area contributed by atoms with Crippen molar-refractivity contribution in [3.63, 3.8) is 0 Å². The number of anilines is 1. The molecule has 6 N–H and O–H groups in total. The highest BCUT2D eigenvalue weighted by atomic mass is 19.1. The number of hydrogen-bond acceptors (Lipinski definition) is 4. The maximum Gasteiger partial charge on any atom is 0.148 e. The minimum absolute atomic E-state index is 0.196. The molecule has 1 aromatic heterocycles. The molecule has 0 aliphatic heterocycles. The second kappa shape index (κ2) is 7.82. The molecule has 0 aliphatic rings. The molecule has 0 saturated carbocycles. The Hall–Kier alpha value is -3.29. The van der Waals surface area contributed by atoms with Crippen LogP contribution in [-0.2, 0) is 0 Å². The summed E-state index contributed by atoms with van der Waals surface area (Å²) in [6.07, 6.45) is 2.35. The number of aliphatic imine (C=N–C) groups is 1. The largest absolute Gasteiger partial charge is 0.382 e. The number of para-hydroxylation sites is 1. The van der Waals surface area contributed by atoms with Gasteiger partial charge in [0.1, 0.15) is 18.0 Å². The fraction of sp³-hybridized carbons (Fsp3) is 0.125. The van der Waals surface area contributed by atoms with E-state index in [-0.39, 0.29) is 17.6 Å². The summed E-state index contributed by atoms with van der Waals surface area (Å²) in [5.74, 6) is -0.437. The number of allylic oxidation sites excluding steroid dienone is 1. The Balaban J connectivity index is 2.19. The molecule has 24 heavy (non-hydrogen) atoms. The number of aromatic nitrogens is 1. The van der Waals surface area contributed by atoms with E-state index in [4.69, 9.17) is 16.7 Å². The summed E-state index contributed by atoms with van der Waals surface area (Å²) >= 11 is 0. The Bertz CT molecular complexity index is 791. The summed E-state index contributed by atoms with van der Waals surface area (Å²) in [6, 6.07) is 9.79. The van der Waals surface area contributed by atoms with Crippen molar-refractivity contribution in [2.75, 3.05) is 5.32 Å². The maximum absolute atomic E-state index is 13.6. The van der Waals surface area contributed by atoms with Crippen molar-refractivity contribution < 1.29 is 4.39 Å². The summed E-state index contributed by atoms with van der Waals surface area (Å²) < 4.78 is 13.6. The third kappa shape index (κ3) is 3.92. The van der Waals surface area contributed by atoms with Crippen molar-refractivity contribution in [1.82, 2.24) is 4.98 Å². The van der Waals surface area contributed by atoms with E-state index >= 15 is 0 Å². The normalized spacial score (nSPS) is 13.4. The Morgan fingerprint density at radius 3 is 2.75 bits per heavy atom. The highest BCUT2D eigenvalue weighted by molar-refractivity contribution is 5.99. The van der Waals surface area contributed by atoms with Crippen LogP contribution in [-0.4, -0.2) is 17.2 Å². The van der Waals surface area contributed by atoms with E-state index in [0.717, 1.165) is 12.0 Å². The lowest BCUT2D eigenvalue weighted by Gasteiger charge is -2.11. The van der Waals surface area contributed by atoms with Gasteiger partial charge in [-0.05, 0) is 24.3 Å². The number of halogens is 1. The van der Waals surface area contributed by atoms with E-state index in [1.165, 1.54) is 12.3 Å². The fourth-order valence-corrected chi connectivity index (χ4v) is 2.10. The number of hydrogen-bond donors (Lipinski definition) is 5. The second-order valence-electron chi connectivity index (χ2n) is 5.00. The summed E-state index contributed by atoms with van der Waals surface area (Å²) in [5.41, 5.74) is 15.1. The van der Waals surface area contributed by atoms with Crippen LogP contribution in [0.1, 0.15) is 24.2 Å². The Morgan fingerprint density at radius 1 is 1.33 bits per heavy atom. The van der Waals surface area contributed by atoms with E-state index in [0.29, 0.717) is 17.1 Å². The van der Waals surface area contributed by atoms with Crippen molar-refractivity contribution in [2.24, 2.45) is 15.8 Å². The van der Waals surface area contributed by atoms with Gasteiger partial charge < -0.3 is 16.0 Å². The van der Waals surface area contributed by atoms with E-state index in [1.54, 1.807) is 30.3 Å². The number of H-pyrrole nitrogens is 1. The molecule has 0 aliphatic carbocycles.